The van der Waals surface area contributed by atoms with Gasteiger partial charge in [-0.15, -0.1) is 0 Å². The van der Waals surface area contributed by atoms with Crippen LogP contribution in [0.2, 0.25) is 0 Å². The molecule has 0 aromatic heterocycles. The van der Waals surface area contributed by atoms with Gasteiger partial charge in [0.25, 0.3) is 5.69 Å². The first-order valence-electron chi connectivity index (χ1n) is 7.97. The minimum Gasteiger partial charge on any atom is -0.325 e. The molecular formula is C18H19N3O3. The van der Waals surface area contributed by atoms with Gasteiger partial charge in [-0.05, 0) is 31.0 Å². The number of nitrogens with zero attached hydrogens (tertiary/aromatic N) is 2. The van der Waals surface area contributed by atoms with Crippen molar-refractivity contribution in [2.45, 2.75) is 18.9 Å². The Morgan fingerprint density at radius 1 is 1.21 bits per heavy atom. The Bertz CT molecular complexity index is 733. The lowest BCUT2D eigenvalue weighted by atomic mass is 10.0. The van der Waals surface area contributed by atoms with Gasteiger partial charge in [0.1, 0.15) is 0 Å². The fraction of sp³-hybridized carbons (Fsp3) is 0.278. The van der Waals surface area contributed by atoms with Crippen LogP contribution >= 0.6 is 0 Å². The number of anilines is 1. The summed E-state index contributed by atoms with van der Waals surface area (Å²) in [6.45, 7) is 1.16. The molecule has 1 fully saturated rings. The Balaban J connectivity index is 1.64. The SMILES string of the molecule is O=C(CN1CCCC1c1ccccc1)Nc1cccc([N+](=O)[O-])c1. The Labute approximate surface area is 140 Å². The molecule has 124 valence electrons. The maximum atomic E-state index is 12.3. The fourth-order valence-electron chi connectivity index (χ4n) is 3.15. The second kappa shape index (κ2) is 7.23. The van der Waals surface area contributed by atoms with Crippen molar-refractivity contribution >= 4 is 17.3 Å². The van der Waals surface area contributed by atoms with E-state index in [0.717, 1.165) is 19.4 Å². The predicted molar refractivity (Wildman–Crippen MR) is 91.7 cm³/mol. The van der Waals surface area contributed by atoms with E-state index in [0.29, 0.717) is 5.69 Å². The number of likely N-dealkylation sites (tertiary alicyclic amines) is 1. The molecule has 1 unspecified atom stereocenters. The second-order valence-corrected chi connectivity index (χ2v) is 5.89. The summed E-state index contributed by atoms with van der Waals surface area (Å²) >= 11 is 0. The molecule has 1 aliphatic rings. The molecule has 0 radical (unpaired) electrons. The van der Waals surface area contributed by atoms with Gasteiger partial charge in [0.15, 0.2) is 0 Å². The van der Waals surface area contributed by atoms with Crippen molar-refractivity contribution in [1.82, 2.24) is 4.90 Å². The number of hydrogen-bond donors (Lipinski definition) is 1. The average molecular weight is 325 g/mol. The number of hydrogen-bond acceptors (Lipinski definition) is 4. The summed E-state index contributed by atoms with van der Waals surface area (Å²) in [6.07, 6.45) is 2.09. The Morgan fingerprint density at radius 2 is 2.00 bits per heavy atom. The number of carbonyl (C=O) groups excluding carboxylic acids is 1. The van der Waals surface area contributed by atoms with E-state index < -0.39 is 4.92 Å². The lowest BCUT2D eigenvalue weighted by Gasteiger charge is -2.24. The van der Waals surface area contributed by atoms with Gasteiger partial charge in [-0.25, -0.2) is 0 Å². The van der Waals surface area contributed by atoms with E-state index >= 15 is 0 Å². The summed E-state index contributed by atoms with van der Waals surface area (Å²) in [7, 11) is 0. The minimum atomic E-state index is -0.471. The number of nitrogens with one attached hydrogen (secondary N) is 1. The van der Waals surface area contributed by atoms with Crippen LogP contribution in [0.3, 0.4) is 0 Å². The second-order valence-electron chi connectivity index (χ2n) is 5.89. The van der Waals surface area contributed by atoms with E-state index in [-0.39, 0.29) is 24.2 Å². The highest BCUT2D eigenvalue weighted by atomic mass is 16.6. The number of non-ortho nitro benzene ring substituents is 1. The van der Waals surface area contributed by atoms with Crippen molar-refractivity contribution in [2.75, 3.05) is 18.4 Å². The van der Waals surface area contributed by atoms with Crippen LogP contribution in [0, 0.1) is 10.1 Å². The van der Waals surface area contributed by atoms with Crippen LogP contribution in [-0.2, 0) is 4.79 Å². The number of benzene rings is 2. The maximum absolute atomic E-state index is 12.3. The van der Waals surface area contributed by atoms with Gasteiger partial charge in [0, 0.05) is 23.9 Å². The van der Waals surface area contributed by atoms with Crippen molar-refractivity contribution in [3.63, 3.8) is 0 Å². The molecule has 6 heteroatoms. The minimum absolute atomic E-state index is 0.0314. The molecule has 0 aliphatic carbocycles. The number of amides is 1. The van der Waals surface area contributed by atoms with Crippen LogP contribution in [0.4, 0.5) is 11.4 Å². The standard InChI is InChI=1S/C18H19N3O3/c22-18(19-15-8-4-9-16(12-15)21(23)24)13-20-11-5-10-17(20)14-6-2-1-3-7-14/h1-4,6-9,12,17H,5,10-11,13H2,(H,19,22). The van der Waals surface area contributed by atoms with E-state index in [4.69, 9.17) is 0 Å². The summed E-state index contributed by atoms with van der Waals surface area (Å²) in [6, 6.07) is 16.4. The van der Waals surface area contributed by atoms with Gasteiger partial charge < -0.3 is 5.32 Å². The lowest BCUT2D eigenvalue weighted by Crippen LogP contribution is -2.32. The fourth-order valence-corrected chi connectivity index (χ4v) is 3.15. The first-order chi connectivity index (χ1) is 11.6. The predicted octanol–water partition coefficient (Wildman–Crippen LogP) is 3.37. The molecule has 1 aliphatic heterocycles. The van der Waals surface area contributed by atoms with Crippen molar-refractivity contribution in [2.24, 2.45) is 0 Å². The van der Waals surface area contributed by atoms with Crippen LogP contribution in [0.1, 0.15) is 24.4 Å². The first-order valence-corrected chi connectivity index (χ1v) is 7.97. The van der Waals surface area contributed by atoms with Gasteiger partial charge >= 0.3 is 0 Å². The third-order valence-electron chi connectivity index (χ3n) is 4.24. The van der Waals surface area contributed by atoms with E-state index in [1.807, 2.05) is 18.2 Å². The lowest BCUT2D eigenvalue weighted by molar-refractivity contribution is -0.384. The molecule has 0 saturated carbocycles. The Morgan fingerprint density at radius 3 is 2.75 bits per heavy atom. The highest BCUT2D eigenvalue weighted by molar-refractivity contribution is 5.92. The smallest absolute Gasteiger partial charge is 0.271 e. The van der Waals surface area contributed by atoms with Crippen LogP contribution in [0.25, 0.3) is 0 Å². The van der Waals surface area contributed by atoms with E-state index in [2.05, 4.69) is 22.3 Å². The topological polar surface area (TPSA) is 75.5 Å². The van der Waals surface area contributed by atoms with Gasteiger partial charge in [-0.2, -0.15) is 0 Å². The summed E-state index contributed by atoms with van der Waals surface area (Å²) in [4.78, 5) is 24.8. The van der Waals surface area contributed by atoms with Crippen molar-refractivity contribution in [3.8, 4) is 0 Å². The Hall–Kier alpha value is -2.73. The van der Waals surface area contributed by atoms with Crippen LogP contribution < -0.4 is 5.32 Å². The van der Waals surface area contributed by atoms with Crippen molar-refractivity contribution in [3.05, 3.63) is 70.3 Å². The van der Waals surface area contributed by atoms with Crippen LogP contribution in [0.5, 0.6) is 0 Å². The zero-order valence-electron chi connectivity index (χ0n) is 13.2. The zero-order chi connectivity index (χ0) is 16.9. The summed E-state index contributed by atoms with van der Waals surface area (Å²) < 4.78 is 0. The third-order valence-corrected chi connectivity index (χ3v) is 4.24. The molecular weight excluding hydrogens is 306 g/mol. The number of nitro benzene ring substituents is 1. The first kappa shape index (κ1) is 16.1. The third kappa shape index (κ3) is 3.78. The number of rotatable bonds is 5. The molecule has 1 heterocycles. The number of nitro groups is 1. The van der Waals surface area contributed by atoms with Gasteiger partial charge in [-0.1, -0.05) is 36.4 Å². The monoisotopic (exact) mass is 325 g/mol. The maximum Gasteiger partial charge on any atom is 0.271 e. The average Bonchev–Trinajstić information content (AvgIpc) is 3.03. The molecule has 1 atom stereocenters. The van der Waals surface area contributed by atoms with E-state index in [9.17, 15) is 14.9 Å². The zero-order valence-corrected chi connectivity index (χ0v) is 13.2. The molecule has 3 rings (SSSR count). The highest BCUT2D eigenvalue weighted by Crippen LogP contribution is 2.31. The van der Waals surface area contributed by atoms with Crippen LogP contribution in [0.15, 0.2) is 54.6 Å². The molecule has 0 spiro atoms. The van der Waals surface area contributed by atoms with Gasteiger partial charge in [0.2, 0.25) is 5.91 Å². The highest BCUT2D eigenvalue weighted by Gasteiger charge is 2.27. The van der Waals surface area contributed by atoms with Crippen molar-refractivity contribution < 1.29 is 9.72 Å². The molecule has 1 N–H and O–H groups in total. The number of carbonyl (C=O) groups is 1. The van der Waals surface area contributed by atoms with Crippen molar-refractivity contribution in [1.29, 1.82) is 0 Å². The summed E-state index contributed by atoms with van der Waals surface area (Å²) in [5, 5.41) is 13.6. The largest absolute Gasteiger partial charge is 0.325 e. The summed E-state index contributed by atoms with van der Waals surface area (Å²) in [5.41, 5.74) is 1.64. The molecule has 1 saturated heterocycles. The summed E-state index contributed by atoms with van der Waals surface area (Å²) in [5.74, 6) is -0.154. The molecule has 0 bridgehead atoms. The normalized spacial score (nSPS) is 17.6. The van der Waals surface area contributed by atoms with Gasteiger partial charge in [-0.3, -0.25) is 19.8 Å². The molecule has 2 aromatic carbocycles. The molecule has 1 amide bonds. The molecule has 6 nitrogen and oxygen atoms in total. The quantitative estimate of drug-likeness (QED) is 0.675. The van der Waals surface area contributed by atoms with Crippen LogP contribution in [-0.4, -0.2) is 28.8 Å². The van der Waals surface area contributed by atoms with E-state index in [1.54, 1.807) is 12.1 Å². The van der Waals surface area contributed by atoms with Gasteiger partial charge in [0.05, 0.1) is 11.5 Å². The van der Waals surface area contributed by atoms with E-state index in [1.165, 1.54) is 17.7 Å². The Kier molecular flexibility index (Phi) is 4.86. The molecule has 2 aromatic rings. The molecule has 24 heavy (non-hydrogen) atoms.